The van der Waals surface area contributed by atoms with Gasteiger partial charge in [-0.05, 0) is 28.1 Å². The minimum Gasteiger partial charge on any atom is -0.495 e. The van der Waals surface area contributed by atoms with Crippen LogP contribution in [0.3, 0.4) is 0 Å². The minimum absolute atomic E-state index is 0.0496. The number of amides is 1. The quantitative estimate of drug-likeness (QED) is 0.838. The summed E-state index contributed by atoms with van der Waals surface area (Å²) in [6.45, 7) is 0.602. The summed E-state index contributed by atoms with van der Waals surface area (Å²) in [7, 11) is 1.59. The van der Waals surface area contributed by atoms with E-state index in [9.17, 15) is 4.79 Å². The van der Waals surface area contributed by atoms with Crippen molar-refractivity contribution in [2.24, 2.45) is 0 Å². The monoisotopic (exact) mass is 362 g/mol. The molecule has 0 spiro atoms. The molecule has 2 aromatic rings. The Morgan fingerprint density at radius 3 is 3.00 bits per heavy atom. The van der Waals surface area contributed by atoms with E-state index in [1.807, 2.05) is 30.3 Å². The van der Waals surface area contributed by atoms with Crippen molar-refractivity contribution >= 4 is 27.5 Å². The van der Waals surface area contributed by atoms with E-state index in [1.165, 1.54) is 0 Å². The topological polar surface area (TPSA) is 51.7 Å². The molecular weight excluding hydrogens is 348 g/mol. The number of fused-ring (bicyclic) bond motifs is 1. The Kier molecular flexibility index (Phi) is 4.29. The van der Waals surface area contributed by atoms with Crippen molar-refractivity contribution < 1.29 is 14.3 Å². The van der Waals surface area contributed by atoms with Crippen LogP contribution in [-0.4, -0.2) is 31.2 Å². The Bertz CT molecular complexity index is 691. The number of aromatic nitrogens is 1. The molecule has 0 saturated heterocycles. The summed E-state index contributed by atoms with van der Waals surface area (Å²) in [6.07, 6.45) is 2.44. The first kappa shape index (κ1) is 14.8. The molecule has 5 nitrogen and oxygen atoms in total. The summed E-state index contributed by atoms with van der Waals surface area (Å²) >= 11 is 3.43. The second kappa shape index (κ2) is 6.36. The molecular formula is C16H15BrN2O3. The number of carbonyl (C=O) groups excluding carboxylic acids is 1. The van der Waals surface area contributed by atoms with Crippen LogP contribution in [0.5, 0.6) is 11.5 Å². The lowest BCUT2D eigenvalue weighted by Gasteiger charge is -2.30. The normalized spacial score (nSPS) is 13.5. The smallest absolute Gasteiger partial charge is 0.265 e. The van der Waals surface area contributed by atoms with E-state index in [1.54, 1.807) is 18.2 Å². The number of methoxy groups -OCH3 is 1. The van der Waals surface area contributed by atoms with E-state index in [0.717, 1.165) is 15.9 Å². The predicted molar refractivity (Wildman–Crippen MR) is 86.5 cm³/mol. The number of hydrogen-bond acceptors (Lipinski definition) is 4. The molecule has 0 unspecified atom stereocenters. The molecule has 0 radical (unpaired) electrons. The van der Waals surface area contributed by atoms with Crippen molar-refractivity contribution in [2.45, 2.75) is 6.42 Å². The number of ether oxygens (including phenoxy) is 2. The van der Waals surface area contributed by atoms with Crippen LogP contribution in [0.15, 0.2) is 41.0 Å². The van der Waals surface area contributed by atoms with E-state index >= 15 is 0 Å². The van der Waals surface area contributed by atoms with Crippen LogP contribution >= 0.6 is 15.9 Å². The van der Waals surface area contributed by atoms with Gasteiger partial charge in [-0.15, -0.1) is 0 Å². The van der Waals surface area contributed by atoms with Crippen LogP contribution in [0.4, 0.5) is 5.69 Å². The maximum Gasteiger partial charge on any atom is 0.265 e. The van der Waals surface area contributed by atoms with E-state index in [-0.39, 0.29) is 12.5 Å². The maximum atomic E-state index is 12.2. The van der Waals surface area contributed by atoms with Gasteiger partial charge in [0.2, 0.25) is 0 Å². The molecule has 0 N–H and O–H groups in total. The zero-order chi connectivity index (χ0) is 15.5. The molecule has 1 aromatic carbocycles. The lowest BCUT2D eigenvalue weighted by atomic mass is 10.2. The molecule has 0 bridgehead atoms. The first-order chi connectivity index (χ1) is 10.7. The van der Waals surface area contributed by atoms with Crippen LogP contribution in [0.25, 0.3) is 0 Å². The van der Waals surface area contributed by atoms with Crippen LogP contribution in [-0.2, 0) is 11.2 Å². The zero-order valence-corrected chi connectivity index (χ0v) is 13.7. The second-order valence-electron chi connectivity index (χ2n) is 4.86. The van der Waals surface area contributed by atoms with Gasteiger partial charge in [-0.1, -0.05) is 6.07 Å². The van der Waals surface area contributed by atoms with Crippen molar-refractivity contribution in [3.63, 3.8) is 0 Å². The molecule has 0 atom stereocenters. The first-order valence-corrected chi connectivity index (χ1v) is 7.69. The van der Waals surface area contributed by atoms with Crippen LogP contribution in [0.2, 0.25) is 0 Å². The summed E-state index contributed by atoms with van der Waals surface area (Å²) in [5.74, 6) is 1.28. The maximum absolute atomic E-state index is 12.2. The van der Waals surface area contributed by atoms with Crippen LogP contribution < -0.4 is 14.4 Å². The largest absolute Gasteiger partial charge is 0.495 e. The lowest BCUT2D eigenvalue weighted by molar-refractivity contribution is -0.121. The molecule has 1 aliphatic rings. The van der Waals surface area contributed by atoms with Gasteiger partial charge in [-0.3, -0.25) is 9.78 Å². The molecule has 22 heavy (non-hydrogen) atoms. The van der Waals surface area contributed by atoms with Gasteiger partial charge in [-0.25, -0.2) is 0 Å². The molecule has 1 aliphatic heterocycles. The van der Waals surface area contributed by atoms with E-state index in [4.69, 9.17) is 9.47 Å². The molecule has 0 fully saturated rings. The summed E-state index contributed by atoms with van der Waals surface area (Å²) in [5.41, 5.74) is 1.68. The highest BCUT2D eigenvalue weighted by atomic mass is 79.9. The van der Waals surface area contributed by atoms with Gasteiger partial charge in [0.25, 0.3) is 5.91 Å². The second-order valence-corrected chi connectivity index (χ2v) is 5.71. The van der Waals surface area contributed by atoms with Crippen LogP contribution in [0.1, 0.15) is 5.69 Å². The van der Waals surface area contributed by atoms with Crippen molar-refractivity contribution in [3.05, 3.63) is 46.7 Å². The summed E-state index contributed by atoms with van der Waals surface area (Å²) in [6, 6.07) is 9.41. The standard InChI is InChI=1S/C16H15BrN2O3/c1-21-14-9-13-15(8-12(14)17)22-10-16(20)19(13)7-5-11-4-2-3-6-18-11/h2-4,6,8-9H,5,7,10H2,1H3. The van der Waals surface area contributed by atoms with Gasteiger partial charge in [0.15, 0.2) is 6.61 Å². The Balaban J connectivity index is 1.87. The predicted octanol–water partition coefficient (Wildman–Crippen LogP) is 2.82. The van der Waals surface area contributed by atoms with Crippen molar-refractivity contribution in [1.29, 1.82) is 0 Å². The summed E-state index contributed by atoms with van der Waals surface area (Å²) in [4.78, 5) is 18.2. The summed E-state index contributed by atoms with van der Waals surface area (Å²) < 4.78 is 11.6. The van der Waals surface area contributed by atoms with Gasteiger partial charge < -0.3 is 14.4 Å². The number of carbonyl (C=O) groups is 1. The fourth-order valence-corrected chi connectivity index (χ4v) is 2.86. The Morgan fingerprint density at radius 1 is 1.41 bits per heavy atom. The third kappa shape index (κ3) is 2.92. The highest BCUT2D eigenvalue weighted by Gasteiger charge is 2.26. The molecule has 1 amide bonds. The van der Waals surface area contributed by atoms with Gasteiger partial charge >= 0.3 is 0 Å². The SMILES string of the molecule is COc1cc2c(cc1Br)OCC(=O)N2CCc1ccccn1. The van der Waals surface area contributed by atoms with E-state index < -0.39 is 0 Å². The van der Waals surface area contributed by atoms with Crippen molar-refractivity contribution in [2.75, 3.05) is 25.2 Å². The zero-order valence-electron chi connectivity index (χ0n) is 12.1. The number of nitrogens with zero attached hydrogens (tertiary/aromatic N) is 2. The van der Waals surface area contributed by atoms with Crippen molar-refractivity contribution in [1.82, 2.24) is 4.98 Å². The molecule has 0 aliphatic carbocycles. The third-order valence-electron chi connectivity index (χ3n) is 3.49. The molecule has 1 aromatic heterocycles. The number of anilines is 1. The average Bonchev–Trinajstić information content (AvgIpc) is 2.54. The average molecular weight is 363 g/mol. The van der Waals surface area contributed by atoms with Gasteiger partial charge in [-0.2, -0.15) is 0 Å². The van der Waals surface area contributed by atoms with Gasteiger partial charge in [0.05, 0.1) is 17.3 Å². The first-order valence-electron chi connectivity index (χ1n) is 6.89. The minimum atomic E-state index is -0.0622. The Labute approximate surface area is 137 Å². The highest BCUT2D eigenvalue weighted by molar-refractivity contribution is 9.10. The molecule has 114 valence electrons. The van der Waals surface area contributed by atoms with Gasteiger partial charge in [0.1, 0.15) is 11.5 Å². The molecule has 3 rings (SSSR count). The lowest BCUT2D eigenvalue weighted by Crippen LogP contribution is -2.40. The number of rotatable bonds is 4. The Hall–Kier alpha value is -2.08. The molecule has 6 heteroatoms. The number of hydrogen-bond donors (Lipinski definition) is 0. The number of pyridine rings is 1. The van der Waals surface area contributed by atoms with Gasteiger partial charge in [0, 0.05) is 37.0 Å². The fraction of sp³-hybridized carbons (Fsp3) is 0.250. The van der Waals surface area contributed by atoms with Crippen molar-refractivity contribution in [3.8, 4) is 11.5 Å². The number of halogens is 1. The number of benzene rings is 1. The van der Waals surface area contributed by atoms with Crippen LogP contribution in [0, 0.1) is 0 Å². The molecule has 0 saturated carbocycles. The fourth-order valence-electron chi connectivity index (χ4n) is 2.38. The molecule has 2 heterocycles. The highest BCUT2D eigenvalue weighted by Crippen LogP contribution is 2.40. The van der Waals surface area contributed by atoms with E-state index in [2.05, 4.69) is 20.9 Å². The summed E-state index contributed by atoms with van der Waals surface area (Å²) in [5, 5.41) is 0. The third-order valence-corrected chi connectivity index (χ3v) is 4.11. The van der Waals surface area contributed by atoms with E-state index in [0.29, 0.717) is 24.5 Å². The Morgan fingerprint density at radius 2 is 2.27 bits per heavy atom.